The number of anilines is 1. The number of aromatic nitrogens is 3. The number of guanidine groups is 1. The van der Waals surface area contributed by atoms with E-state index in [1.54, 1.807) is 13.8 Å². The maximum absolute atomic E-state index is 14.1. The number of hydrogen-bond acceptors (Lipinski definition) is 11. The highest BCUT2D eigenvalue weighted by atomic mass is 16.3. The van der Waals surface area contributed by atoms with Gasteiger partial charge in [-0.25, -0.2) is 9.97 Å². The van der Waals surface area contributed by atoms with Crippen LogP contribution in [0.3, 0.4) is 0 Å². The van der Waals surface area contributed by atoms with Gasteiger partial charge < -0.3 is 42.8 Å². The molecule has 4 aromatic rings. The van der Waals surface area contributed by atoms with Crippen molar-refractivity contribution in [3.05, 3.63) is 66.0 Å². The molecule has 348 valence electrons. The Hall–Kier alpha value is -6.14. The number of aliphatic hydroxyl groups excluding tert-OH is 1. The van der Waals surface area contributed by atoms with Crippen molar-refractivity contribution >= 4 is 63.1 Å². The number of aliphatic imine (C=N–C) groups is 1. The molecule has 18 nitrogen and oxygen atoms in total. The Morgan fingerprint density at radius 1 is 0.828 bits per heavy atom. The number of para-hydroxylation sites is 1. The molecule has 0 spiro atoms. The van der Waals surface area contributed by atoms with Gasteiger partial charge in [-0.3, -0.25) is 39.8 Å². The van der Waals surface area contributed by atoms with E-state index in [4.69, 9.17) is 27.2 Å². The van der Waals surface area contributed by atoms with Crippen molar-refractivity contribution in [1.82, 2.24) is 35.9 Å². The number of fused-ring (bicyclic) bond motifs is 3. The van der Waals surface area contributed by atoms with Gasteiger partial charge in [0.05, 0.1) is 23.6 Å². The number of aliphatic hydroxyl groups is 1. The number of unbranched alkanes of at least 4 members (excludes halogenated alkanes) is 2. The second-order valence-corrected chi connectivity index (χ2v) is 16.9. The zero-order chi connectivity index (χ0) is 46.8. The van der Waals surface area contributed by atoms with Gasteiger partial charge in [0.2, 0.25) is 17.7 Å². The van der Waals surface area contributed by atoms with Crippen molar-refractivity contribution in [3.63, 3.8) is 0 Å². The Labute approximate surface area is 375 Å². The molecule has 0 fully saturated rings. The lowest BCUT2D eigenvalue weighted by molar-refractivity contribution is -0.140. The first kappa shape index (κ1) is 50.5. The van der Waals surface area contributed by atoms with Crippen molar-refractivity contribution in [2.24, 2.45) is 39.9 Å². The average Bonchev–Trinajstić information content (AvgIpc) is 3.63. The summed E-state index contributed by atoms with van der Waals surface area (Å²) in [6, 6.07) is 14.2. The van der Waals surface area contributed by atoms with Gasteiger partial charge >= 0.3 is 0 Å². The zero-order valence-corrected chi connectivity index (χ0v) is 37.9. The van der Waals surface area contributed by atoms with Gasteiger partial charge in [-0.1, -0.05) is 89.6 Å². The van der Waals surface area contributed by atoms with Crippen molar-refractivity contribution in [3.8, 4) is 0 Å². The predicted molar refractivity (Wildman–Crippen MR) is 249 cm³/mol. The molecule has 4 rings (SSSR count). The highest BCUT2D eigenvalue weighted by molar-refractivity contribution is 6.08. The van der Waals surface area contributed by atoms with Crippen LogP contribution in [0, 0.1) is 17.8 Å². The van der Waals surface area contributed by atoms with Crippen molar-refractivity contribution in [2.45, 2.75) is 117 Å². The van der Waals surface area contributed by atoms with E-state index >= 15 is 0 Å². The van der Waals surface area contributed by atoms with E-state index in [-0.39, 0.29) is 37.7 Å². The van der Waals surface area contributed by atoms with E-state index in [1.165, 1.54) is 0 Å². The Morgan fingerprint density at radius 3 is 2.20 bits per heavy atom. The van der Waals surface area contributed by atoms with Gasteiger partial charge in [0.15, 0.2) is 17.6 Å². The van der Waals surface area contributed by atoms with Crippen LogP contribution in [-0.2, 0) is 36.9 Å². The molecule has 4 atom stereocenters. The van der Waals surface area contributed by atoms with Gasteiger partial charge in [0.1, 0.15) is 29.5 Å². The smallest absolute Gasteiger partial charge is 0.260 e. The number of amides is 4. The molecule has 2 heterocycles. The number of nitrogens with two attached hydrogens (primary N) is 3. The van der Waals surface area contributed by atoms with E-state index in [0.29, 0.717) is 49.2 Å². The summed E-state index contributed by atoms with van der Waals surface area (Å²) in [4.78, 5) is 82.4. The first-order chi connectivity index (χ1) is 30.7. The van der Waals surface area contributed by atoms with E-state index in [0.717, 1.165) is 41.6 Å². The molecular weight excluding hydrogens is 817 g/mol. The van der Waals surface area contributed by atoms with Gasteiger partial charge in [-0.15, -0.1) is 0 Å². The van der Waals surface area contributed by atoms with Crippen LogP contribution in [0.4, 0.5) is 5.82 Å². The fraction of sp³-hybridized carbons (Fsp3) is 0.522. The summed E-state index contributed by atoms with van der Waals surface area (Å²) in [6.07, 6.45) is 4.37. The second-order valence-electron chi connectivity index (χ2n) is 16.9. The fourth-order valence-corrected chi connectivity index (χ4v) is 7.43. The third kappa shape index (κ3) is 14.5. The number of carbonyl (C=O) groups is 5. The Balaban J connectivity index is 1.60. The topological polar surface area (TPSA) is 287 Å². The fourth-order valence-electron chi connectivity index (χ4n) is 7.43. The number of benzene rings is 2. The summed E-state index contributed by atoms with van der Waals surface area (Å²) < 4.78 is 2.20. The van der Waals surface area contributed by atoms with E-state index in [1.807, 2.05) is 56.3 Å². The minimum Gasteiger partial charge on any atom is -0.394 e. The average molecular weight is 885 g/mol. The van der Waals surface area contributed by atoms with E-state index < -0.39 is 66.0 Å². The summed E-state index contributed by atoms with van der Waals surface area (Å²) in [5.74, 6) is -3.96. The molecule has 18 heteroatoms. The lowest BCUT2D eigenvalue weighted by atomic mass is 9.88. The minimum atomic E-state index is -1.32. The first-order valence-electron chi connectivity index (χ1n) is 22.4. The highest BCUT2D eigenvalue weighted by Gasteiger charge is 2.37. The minimum absolute atomic E-state index is 0.0960. The number of nitrogens with zero attached hydrogens (tertiary/aromatic N) is 4. The van der Waals surface area contributed by atoms with E-state index in [9.17, 15) is 29.1 Å². The molecule has 0 saturated heterocycles. The molecule has 12 N–H and O–H groups in total. The van der Waals surface area contributed by atoms with Gasteiger partial charge in [-0.2, -0.15) is 0 Å². The molecule has 4 unspecified atom stereocenters. The molecule has 0 radical (unpaired) electrons. The van der Waals surface area contributed by atoms with Crippen LogP contribution in [0.15, 0.2) is 59.6 Å². The monoisotopic (exact) mass is 885 g/mol. The first-order valence-corrected chi connectivity index (χ1v) is 22.4. The largest absolute Gasteiger partial charge is 0.394 e. The SMILES string of the molecule is CCCCc1nc2c(NNC(=O)C(CCCN=C(N)N)NC(=O)C(NC(=O)C(CC(C)C)C(=O)C(CO)NC(=O)CCCCN)C(C)C)nc3ccccc3c2n1Cc1ccccc1. The van der Waals surface area contributed by atoms with Crippen LogP contribution < -0.4 is 44.0 Å². The van der Waals surface area contributed by atoms with Crippen LogP contribution in [0.25, 0.3) is 21.9 Å². The number of hydrazine groups is 1. The van der Waals surface area contributed by atoms with Crippen molar-refractivity contribution < 1.29 is 29.1 Å². The van der Waals surface area contributed by atoms with Gasteiger partial charge in [0, 0.05) is 31.3 Å². The molecule has 0 aliphatic carbocycles. The molecule has 0 bridgehead atoms. The Morgan fingerprint density at radius 2 is 1.55 bits per heavy atom. The number of ketones is 1. The lowest BCUT2D eigenvalue weighted by Crippen LogP contribution is -2.58. The number of nitrogens with one attached hydrogen (secondary N) is 5. The quantitative estimate of drug-likeness (QED) is 0.0137. The van der Waals surface area contributed by atoms with Gasteiger partial charge in [-0.05, 0) is 68.5 Å². The van der Waals surface area contributed by atoms with Crippen LogP contribution in [0.2, 0.25) is 0 Å². The van der Waals surface area contributed by atoms with Gasteiger partial charge in [0.25, 0.3) is 5.91 Å². The zero-order valence-electron chi connectivity index (χ0n) is 37.9. The van der Waals surface area contributed by atoms with Crippen LogP contribution in [-0.4, -0.2) is 92.8 Å². The Bertz CT molecular complexity index is 2210. The molecule has 64 heavy (non-hydrogen) atoms. The number of imidazole rings is 1. The normalized spacial score (nSPS) is 13.3. The summed E-state index contributed by atoms with van der Waals surface area (Å²) in [5.41, 5.74) is 25.6. The van der Waals surface area contributed by atoms with Crippen molar-refractivity contribution in [1.29, 1.82) is 0 Å². The van der Waals surface area contributed by atoms with E-state index in [2.05, 4.69) is 55.4 Å². The number of pyridine rings is 1. The van der Waals surface area contributed by atoms with Crippen LogP contribution in [0.5, 0.6) is 0 Å². The van der Waals surface area contributed by atoms with Crippen molar-refractivity contribution in [2.75, 3.05) is 25.1 Å². The molecule has 2 aromatic heterocycles. The molecule has 0 saturated carbocycles. The molecule has 0 aliphatic heterocycles. The van der Waals surface area contributed by atoms with Crippen LogP contribution in [0.1, 0.15) is 97.4 Å². The number of carbonyl (C=O) groups excluding carboxylic acids is 5. The van der Waals surface area contributed by atoms with Crippen LogP contribution >= 0.6 is 0 Å². The molecule has 4 amide bonds. The molecular formula is C46H68N12O6. The Kier molecular flexibility index (Phi) is 19.9. The standard InChI is InChI=1S/C46H68N12O6/c1-6-7-21-36-54-39-40(58(36)26-30-16-9-8-10-17-30)31-18-11-12-19-33(31)52-42(39)56-57-44(63)34(20-15-24-50-46(48)49)53-45(64)38(29(4)5)55-43(62)32(25-28(2)3)41(61)35(27-59)51-37(60)22-13-14-23-47/h8-12,16-19,28-29,32,34-35,38,59H,6-7,13-15,20-27,47H2,1-5H3,(H,51,60)(H,52,56)(H,53,64)(H,55,62)(H,57,63)(H4,48,49,50). The number of hydrogen-bond donors (Lipinski definition) is 9. The summed E-state index contributed by atoms with van der Waals surface area (Å²) >= 11 is 0. The number of rotatable bonds is 27. The third-order valence-electron chi connectivity index (χ3n) is 10.8. The maximum Gasteiger partial charge on any atom is 0.260 e. The molecule has 0 aliphatic rings. The summed E-state index contributed by atoms with van der Waals surface area (Å²) in [7, 11) is 0. The lowest BCUT2D eigenvalue weighted by Gasteiger charge is -2.28. The third-order valence-corrected chi connectivity index (χ3v) is 10.8. The maximum atomic E-state index is 14.1. The highest BCUT2D eigenvalue weighted by Crippen LogP contribution is 2.31. The number of Topliss-reactive ketones (excluding diaryl/α,β-unsaturated/α-hetero) is 1. The summed E-state index contributed by atoms with van der Waals surface area (Å²) in [6.45, 7) is 9.69. The molecule has 2 aromatic carbocycles. The predicted octanol–water partition coefficient (Wildman–Crippen LogP) is 2.94. The number of aryl methyl sites for hydroxylation is 1. The second kappa shape index (κ2) is 25.2. The summed E-state index contributed by atoms with van der Waals surface area (Å²) in [5, 5.41) is 19.1.